The van der Waals surface area contributed by atoms with E-state index in [0.717, 1.165) is 10.6 Å². The fourth-order valence-electron chi connectivity index (χ4n) is 1.47. The van der Waals surface area contributed by atoms with Gasteiger partial charge in [0.05, 0.1) is 12.8 Å². The van der Waals surface area contributed by atoms with Crippen LogP contribution in [0.5, 0.6) is 0 Å². The minimum Gasteiger partial charge on any atom is -0.376 e. The quantitative estimate of drug-likeness (QED) is 0.650. The maximum absolute atomic E-state index is 11.5. The Morgan fingerprint density at radius 2 is 2.05 bits per heavy atom. The van der Waals surface area contributed by atoms with E-state index in [0.29, 0.717) is 0 Å². The molecule has 0 aliphatic carbocycles. The van der Waals surface area contributed by atoms with Crippen molar-refractivity contribution in [3.8, 4) is 0 Å². The van der Waals surface area contributed by atoms with Gasteiger partial charge in [-0.05, 0) is 31.2 Å². The highest BCUT2D eigenvalue weighted by Gasteiger charge is 1.98. The molecule has 1 aromatic carbocycles. The number of nitrogens with one attached hydrogen (secondary N) is 2. The lowest BCUT2D eigenvalue weighted by atomic mass is 10.3. The number of rotatable bonds is 5. The molecule has 5 heteroatoms. The summed E-state index contributed by atoms with van der Waals surface area (Å²) in [6.07, 6.45) is 1.65. The first-order chi connectivity index (χ1) is 9.24. The average molecular weight is 273 g/mol. The molecule has 98 valence electrons. The molecule has 0 aliphatic rings. The van der Waals surface area contributed by atoms with E-state index in [1.54, 1.807) is 17.6 Å². The number of nitrogens with zero attached hydrogens (tertiary/aromatic N) is 1. The first kappa shape index (κ1) is 13.3. The van der Waals surface area contributed by atoms with Gasteiger partial charge in [0, 0.05) is 15.4 Å². The fourth-order valence-corrected chi connectivity index (χ4v) is 2.22. The molecule has 0 unspecified atom stereocenters. The molecule has 4 nitrogen and oxygen atoms in total. The van der Waals surface area contributed by atoms with E-state index in [-0.39, 0.29) is 12.5 Å². The highest BCUT2D eigenvalue weighted by Crippen LogP contribution is 2.12. The van der Waals surface area contributed by atoms with E-state index in [4.69, 9.17) is 0 Å². The van der Waals surface area contributed by atoms with Crippen LogP contribution >= 0.6 is 11.3 Å². The molecule has 0 saturated carbocycles. The lowest BCUT2D eigenvalue weighted by molar-refractivity contribution is -0.119. The molecule has 2 aromatic rings. The topological polar surface area (TPSA) is 53.5 Å². The van der Waals surface area contributed by atoms with E-state index in [9.17, 15) is 4.79 Å². The van der Waals surface area contributed by atoms with E-state index >= 15 is 0 Å². The summed E-state index contributed by atoms with van der Waals surface area (Å²) in [5.74, 6) is -0.173. The number of para-hydroxylation sites is 1. The molecular formula is C14H15N3OS. The number of benzene rings is 1. The first-order valence-corrected chi connectivity index (χ1v) is 6.73. The molecule has 0 radical (unpaired) electrons. The Labute approximate surface area is 116 Å². The van der Waals surface area contributed by atoms with Crippen LogP contribution in [0.1, 0.15) is 9.75 Å². The molecule has 0 bridgehead atoms. The maximum atomic E-state index is 11.5. The number of thiophene rings is 1. The summed E-state index contributed by atoms with van der Waals surface area (Å²) >= 11 is 1.63. The van der Waals surface area contributed by atoms with E-state index in [1.165, 1.54) is 4.88 Å². The van der Waals surface area contributed by atoms with Crippen LogP contribution < -0.4 is 10.7 Å². The number of anilines is 1. The standard InChI is InChI=1S/C14H15N3OS/c1-11-7-8-13(19-11)9-16-17-14(18)10-15-12-5-3-2-4-6-12/h2-9,15H,10H2,1H3,(H,17,18)/b16-9+. The zero-order valence-corrected chi connectivity index (χ0v) is 11.4. The molecule has 1 heterocycles. The Balaban J connectivity index is 1.74. The van der Waals surface area contributed by atoms with Crippen molar-refractivity contribution in [1.82, 2.24) is 5.43 Å². The van der Waals surface area contributed by atoms with E-state index < -0.39 is 0 Å². The van der Waals surface area contributed by atoms with Crippen LogP contribution in [0.2, 0.25) is 0 Å². The lowest BCUT2D eigenvalue weighted by Crippen LogP contribution is -2.25. The summed E-state index contributed by atoms with van der Waals surface area (Å²) in [6, 6.07) is 13.6. The zero-order chi connectivity index (χ0) is 13.5. The molecule has 19 heavy (non-hydrogen) atoms. The van der Waals surface area contributed by atoms with Crippen LogP contribution in [0, 0.1) is 6.92 Å². The zero-order valence-electron chi connectivity index (χ0n) is 10.6. The maximum Gasteiger partial charge on any atom is 0.259 e. The summed E-state index contributed by atoms with van der Waals surface area (Å²) in [5.41, 5.74) is 3.40. The van der Waals surface area contributed by atoms with E-state index in [1.807, 2.05) is 49.4 Å². The molecule has 2 N–H and O–H groups in total. The van der Waals surface area contributed by atoms with E-state index in [2.05, 4.69) is 15.8 Å². The van der Waals surface area contributed by atoms with Gasteiger partial charge in [0.1, 0.15) is 0 Å². The van der Waals surface area contributed by atoms with Gasteiger partial charge in [-0.2, -0.15) is 5.10 Å². The van der Waals surface area contributed by atoms with Crippen molar-refractivity contribution in [2.24, 2.45) is 5.10 Å². The first-order valence-electron chi connectivity index (χ1n) is 5.91. The second kappa shape index (κ2) is 6.70. The van der Waals surface area contributed by atoms with Crippen molar-refractivity contribution in [1.29, 1.82) is 0 Å². The molecule has 0 atom stereocenters. The Bertz CT molecular complexity index is 563. The Morgan fingerprint density at radius 3 is 2.74 bits per heavy atom. The number of hydrogen-bond acceptors (Lipinski definition) is 4. The summed E-state index contributed by atoms with van der Waals surface area (Å²) in [5, 5.41) is 6.93. The van der Waals surface area contributed by atoms with Crippen LogP contribution in [0.3, 0.4) is 0 Å². The third kappa shape index (κ3) is 4.56. The molecule has 0 saturated heterocycles. The van der Waals surface area contributed by atoms with Crippen LogP contribution in [0.15, 0.2) is 47.6 Å². The fraction of sp³-hybridized carbons (Fsp3) is 0.143. The number of carbonyl (C=O) groups is 1. The molecule has 1 amide bonds. The highest BCUT2D eigenvalue weighted by atomic mass is 32.1. The number of carbonyl (C=O) groups excluding carboxylic acids is 1. The third-order valence-electron chi connectivity index (χ3n) is 2.37. The van der Waals surface area contributed by atoms with Crippen molar-refractivity contribution in [2.45, 2.75) is 6.92 Å². The molecule has 0 spiro atoms. The SMILES string of the molecule is Cc1ccc(/C=N/NC(=O)CNc2ccccc2)s1. The number of aryl methyl sites for hydroxylation is 1. The van der Waals surface area contributed by atoms with Crippen LogP contribution in [-0.2, 0) is 4.79 Å². The number of hydrazone groups is 1. The summed E-state index contributed by atoms with van der Waals surface area (Å²) in [4.78, 5) is 13.8. The summed E-state index contributed by atoms with van der Waals surface area (Å²) < 4.78 is 0. The Hall–Kier alpha value is -2.14. The van der Waals surface area contributed by atoms with Gasteiger partial charge >= 0.3 is 0 Å². The number of amides is 1. The third-order valence-corrected chi connectivity index (χ3v) is 3.30. The average Bonchev–Trinajstić information content (AvgIpc) is 2.83. The van der Waals surface area contributed by atoms with Gasteiger partial charge in [0.15, 0.2) is 0 Å². The predicted octanol–water partition coefficient (Wildman–Crippen LogP) is 2.62. The van der Waals surface area contributed by atoms with Gasteiger partial charge in [-0.15, -0.1) is 11.3 Å². The predicted molar refractivity (Wildman–Crippen MR) is 79.7 cm³/mol. The number of hydrogen-bond donors (Lipinski definition) is 2. The van der Waals surface area contributed by atoms with Crippen molar-refractivity contribution >= 4 is 29.1 Å². The van der Waals surface area contributed by atoms with Crippen LogP contribution in [0.4, 0.5) is 5.69 Å². The van der Waals surface area contributed by atoms with Gasteiger partial charge in [-0.1, -0.05) is 18.2 Å². The minimum absolute atomic E-state index is 0.173. The second-order valence-corrected chi connectivity index (χ2v) is 5.28. The highest BCUT2D eigenvalue weighted by molar-refractivity contribution is 7.13. The van der Waals surface area contributed by atoms with Gasteiger partial charge in [0.25, 0.3) is 5.91 Å². The molecule has 0 aliphatic heterocycles. The van der Waals surface area contributed by atoms with Gasteiger partial charge in [0.2, 0.25) is 0 Å². The molecular weight excluding hydrogens is 258 g/mol. The van der Waals surface area contributed by atoms with Gasteiger partial charge < -0.3 is 5.32 Å². The van der Waals surface area contributed by atoms with Gasteiger partial charge in [-0.3, -0.25) is 4.79 Å². The molecule has 1 aromatic heterocycles. The van der Waals surface area contributed by atoms with Crippen molar-refractivity contribution in [3.05, 3.63) is 52.2 Å². The second-order valence-electron chi connectivity index (χ2n) is 3.96. The Morgan fingerprint density at radius 1 is 1.26 bits per heavy atom. The van der Waals surface area contributed by atoms with Crippen molar-refractivity contribution < 1.29 is 4.79 Å². The minimum atomic E-state index is -0.173. The largest absolute Gasteiger partial charge is 0.376 e. The summed E-state index contributed by atoms with van der Waals surface area (Å²) in [7, 11) is 0. The molecule has 0 fully saturated rings. The monoisotopic (exact) mass is 273 g/mol. The molecule has 2 rings (SSSR count). The lowest BCUT2D eigenvalue weighted by Gasteiger charge is -2.04. The smallest absolute Gasteiger partial charge is 0.259 e. The normalized spacial score (nSPS) is 10.6. The Kier molecular flexibility index (Phi) is 4.69. The van der Waals surface area contributed by atoms with Crippen LogP contribution in [-0.4, -0.2) is 18.7 Å². The van der Waals surface area contributed by atoms with Crippen molar-refractivity contribution in [3.63, 3.8) is 0 Å². The van der Waals surface area contributed by atoms with Gasteiger partial charge in [-0.25, -0.2) is 5.43 Å². The summed E-state index contributed by atoms with van der Waals surface area (Å²) in [6.45, 7) is 2.23. The van der Waals surface area contributed by atoms with Crippen molar-refractivity contribution in [2.75, 3.05) is 11.9 Å². The van der Waals surface area contributed by atoms with Crippen LogP contribution in [0.25, 0.3) is 0 Å².